The Bertz CT molecular complexity index is 5040. The predicted octanol–water partition coefficient (Wildman–Crippen LogP) is 21.8. The predicted molar refractivity (Wildman–Crippen MR) is 437 cm³/mol. The molecule has 0 amide bonds. The van der Waals surface area contributed by atoms with Crippen LogP contribution in [0, 0.1) is 69.1 Å². The van der Waals surface area contributed by atoms with Crippen molar-refractivity contribution in [3.05, 3.63) is 261 Å². The number of fused-ring (bicyclic) bond motifs is 17. The third kappa shape index (κ3) is 12.2. The largest absolute Gasteiger partial charge is 0.216 e. The van der Waals surface area contributed by atoms with Crippen molar-refractivity contribution in [2.24, 2.45) is 62.7 Å². The Balaban J connectivity index is 0.000000111. The summed E-state index contributed by atoms with van der Waals surface area (Å²) in [7, 11) is 10.9. The van der Waals surface area contributed by atoms with Gasteiger partial charge < -0.3 is 0 Å². The maximum atomic E-state index is 9.25. The van der Waals surface area contributed by atoms with Gasteiger partial charge in [0.05, 0.1) is 5.92 Å². The molecule has 4 fully saturated rings. The van der Waals surface area contributed by atoms with Crippen LogP contribution in [0.4, 0.5) is 0 Å². The fourth-order valence-corrected chi connectivity index (χ4v) is 23.1. The minimum Gasteiger partial charge on any atom is -0.205 e. The topological polar surface area (TPSA) is 18.5 Å². The van der Waals surface area contributed by atoms with E-state index in [2.05, 4.69) is 372 Å². The van der Waals surface area contributed by atoms with Crippen molar-refractivity contribution < 1.29 is 24.2 Å². The fourth-order valence-electron chi connectivity index (χ4n) is 23.1. The van der Waals surface area contributed by atoms with Crippen LogP contribution in [0.5, 0.6) is 0 Å². The molecule has 0 N–H and O–H groups in total. The van der Waals surface area contributed by atoms with Gasteiger partial charge in [-0.05, 0) is 241 Å². The highest BCUT2D eigenvalue weighted by Crippen LogP contribution is 2.69. The van der Waals surface area contributed by atoms with Gasteiger partial charge in [0.25, 0.3) is 0 Å². The molecule has 4 aromatic heterocycles. The highest BCUT2D eigenvalue weighted by molar-refractivity contribution is 6.01. The molecule has 9 aromatic rings. The summed E-state index contributed by atoms with van der Waals surface area (Å²) in [6.07, 6.45) is 25.7. The first-order chi connectivity index (χ1) is 49.8. The van der Waals surface area contributed by atoms with Crippen LogP contribution >= 0.6 is 0 Å². The van der Waals surface area contributed by atoms with Crippen molar-refractivity contribution in [3.63, 3.8) is 0 Å². The number of pyridine rings is 4. The van der Waals surface area contributed by atoms with E-state index in [0.717, 1.165) is 42.4 Å². The Morgan fingerprint density at radius 3 is 1.34 bits per heavy atom. The third-order valence-electron chi connectivity index (χ3n) is 29.2. The molecule has 5 aromatic carbocycles. The number of rotatable bonds is 5. The number of benzene rings is 5. The van der Waals surface area contributed by atoms with E-state index in [9.17, 15) is 1.37 Å². The second-order valence-corrected chi connectivity index (χ2v) is 38.2. The summed E-state index contributed by atoms with van der Waals surface area (Å²) in [4.78, 5) is 0. The summed E-state index contributed by atoms with van der Waals surface area (Å²) in [6, 6.07) is 53.1. The van der Waals surface area contributed by atoms with E-state index in [0.29, 0.717) is 10.8 Å². The fraction of sp³-hybridized carbons (Fsp3) is 0.470. The molecule has 0 radical (unpaired) electrons. The molecule has 5 nitrogen and oxygen atoms in total. The van der Waals surface area contributed by atoms with Gasteiger partial charge in [0.15, 0.2) is 36.7 Å². The molecule has 5 heteroatoms. The summed E-state index contributed by atoms with van der Waals surface area (Å²) in [5.41, 5.74) is 34.1. The lowest BCUT2D eigenvalue weighted by Gasteiger charge is -2.34. The van der Waals surface area contributed by atoms with E-state index >= 15 is 0 Å². The number of aromatic nitrogens is 4. The minimum atomic E-state index is -0.456. The highest BCUT2D eigenvalue weighted by atomic mass is 15.0. The average Bonchev–Trinajstić information content (AvgIpc) is 1.51. The van der Waals surface area contributed by atoms with Crippen LogP contribution in [0.15, 0.2) is 183 Å². The number of allylic oxidation sites excluding steroid dienone is 1. The number of aryl methyl sites for hydroxylation is 9. The number of hydrogen-bond acceptors (Lipinski definition) is 0. The standard InChI is InChI=1S/2C21H26N.2C20H26N.C18H22N/c2*1-14-8-6-7-9-15(14)19-12-16-17-10-11-21(4,20(17,2)3)18(16)13-22(19)5;1-14-9-7-8-10-15(14)18-11-16-17(12-21(18)6)20(4,5)13-19(16,2)3;1-14-9-7-8-10-15(14)18-17-16(11-12-21(18)6)19(2,3)13-20(17,4)5;1-12-5-3-4-6-15(12)18-17-14-8-7-13(11-14)16(17)9-10-19(18)2/h2*6-9,12-13,17H,10-11H2,1-5H3;2*7-12H,13H2,1-6H3;3-6,9-10,13-14,16-17H,7-8,11H2,1-2H3/q5*+1/i17D;;;;. The van der Waals surface area contributed by atoms with Gasteiger partial charge in [-0.15, -0.1) is 0 Å². The van der Waals surface area contributed by atoms with Gasteiger partial charge >= 0.3 is 0 Å². The van der Waals surface area contributed by atoms with Crippen LogP contribution in [0.2, 0.25) is 0 Å². The molecule has 8 atom stereocenters. The SMILES string of the molecule is Cc1ccccc1-c1c2c(cc[n+]1C)C(C)(C)CC2(C)C.Cc1ccccc1-c1cc2c(c[n+]1C)C(C)(C)CC2(C)C.Cc1ccccc1-c1cc2c(c[n+]1C)C1(C)CCC2C1(C)C.Cc1ccccc1C1=[N+](C)C=CC2C3CCC(C3)C12.[2H]C12CCC(C)(c3c[n+](C)c(-c4ccccc4C)cc31)C2(C)C. The average molecular weight is 1400 g/mol. The molecule has 0 saturated heterocycles. The molecule has 0 spiro atoms. The van der Waals surface area contributed by atoms with E-state index in [1.54, 1.807) is 16.8 Å². The lowest BCUT2D eigenvalue weighted by atomic mass is 9.69. The van der Waals surface area contributed by atoms with E-state index in [-0.39, 0.29) is 32.5 Å². The molecule has 105 heavy (non-hydrogen) atoms. The molecule has 18 rings (SSSR count). The summed E-state index contributed by atoms with van der Waals surface area (Å²) in [5, 5.41) is 0. The van der Waals surface area contributed by atoms with Gasteiger partial charge in [0, 0.05) is 86.5 Å². The van der Waals surface area contributed by atoms with Crippen LogP contribution < -0.4 is 18.3 Å². The molecule has 4 saturated carbocycles. The van der Waals surface area contributed by atoms with Crippen molar-refractivity contribution in [1.29, 1.82) is 0 Å². The third-order valence-corrected chi connectivity index (χ3v) is 29.2. The summed E-state index contributed by atoms with van der Waals surface area (Å²) < 4.78 is 20.8. The van der Waals surface area contributed by atoms with Gasteiger partial charge in [-0.1, -0.05) is 188 Å². The van der Waals surface area contributed by atoms with E-state index < -0.39 is 5.89 Å². The Morgan fingerprint density at radius 1 is 0.390 bits per heavy atom. The van der Waals surface area contributed by atoms with Crippen LogP contribution in [0.25, 0.3) is 45.0 Å². The zero-order valence-corrected chi connectivity index (χ0v) is 68.8. The Labute approximate surface area is 635 Å². The normalized spacial score (nSPS) is 26.5. The van der Waals surface area contributed by atoms with Crippen molar-refractivity contribution in [1.82, 2.24) is 0 Å². The van der Waals surface area contributed by atoms with Gasteiger partial charge in [-0.25, -0.2) is 22.8 Å². The molecular formula is C100H126N5+5. The molecule has 8 unspecified atom stereocenters. The summed E-state index contributed by atoms with van der Waals surface area (Å²) >= 11 is 0. The number of hydrogen-bond donors (Lipinski definition) is 0. The van der Waals surface area contributed by atoms with Crippen molar-refractivity contribution >= 4 is 5.71 Å². The maximum absolute atomic E-state index is 9.25. The quantitative estimate of drug-likeness (QED) is 0.153. The summed E-state index contributed by atoms with van der Waals surface area (Å²) in [5.74, 6) is 3.73. The van der Waals surface area contributed by atoms with Gasteiger partial charge in [-0.2, -0.15) is 0 Å². The van der Waals surface area contributed by atoms with E-state index in [4.69, 9.17) is 0 Å². The van der Waals surface area contributed by atoms with Crippen molar-refractivity contribution in [3.8, 4) is 45.0 Å². The second-order valence-electron chi connectivity index (χ2n) is 38.2. The zero-order valence-electron chi connectivity index (χ0n) is 69.8. The van der Waals surface area contributed by atoms with Crippen LogP contribution in [0.1, 0.15) is 246 Å². The zero-order chi connectivity index (χ0) is 76.1. The Hall–Kier alpha value is -7.89. The van der Waals surface area contributed by atoms with Crippen molar-refractivity contribution in [2.45, 2.75) is 234 Å². The monoisotopic (exact) mass is 1400 g/mol. The smallest absolute Gasteiger partial charge is 0.205 e. The molecule has 1 aliphatic heterocycles. The Morgan fingerprint density at radius 2 is 0.810 bits per heavy atom. The molecule has 8 aliphatic carbocycles. The Kier molecular flexibility index (Phi) is 18.3. The lowest BCUT2D eigenvalue weighted by Crippen LogP contribution is -2.36. The molecule has 546 valence electrons. The highest BCUT2D eigenvalue weighted by Gasteiger charge is 2.62. The van der Waals surface area contributed by atoms with Crippen LogP contribution in [-0.2, 0) is 60.7 Å². The van der Waals surface area contributed by atoms with Crippen molar-refractivity contribution in [2.75, 3.05) is 7.05 Å². The molecule has 5 heterocycles. The van der Waals surface area contributed by atoms with Gasteiger partial charge in [-0.3, -0.25) is 0 Å². The van der Waals surface area contributed by atoms with Gasteiger partial charge in [0.1, 0.15) is 35.2 Å². The first kappa shape index (κ1) is 72.7. The second kappa shape index (κ2) is 26.5. The molecular weight excluding hydrogens is 1270 g/mol. The van der Waals surface area contributed by atoms with Crippen LogP contribution in [-0.4, -0.2) is 17.3 Å². The molecule has 6 bridgehead atoms. The number of nitrogens with zero attached hydrogens (tertiary/aromatic N) is 5. The summed E-state index contributed by atoms with van der Waals surface area (Å²) in [6.45, 7) is 44.4. The first-order valence-corrected chi connectivity index (χ1v) is 40.1. The first-order valence-electron chi connectivity index (χ1n) is 40.6. The van der Waals surface area contributed by atoms with E-state index in [1.165, 1.54) is 157 Å². The van der Waals surface area contributed by atoms with E-state index in [1.807, 2.05) is 0 Å². The lowest BCUT2D eigenvalue weighted by molar-refractivity contribution is -0.661. The van der Waals surface area contributed by atoms with Gasteiger partial charge in [0.2, 0.25) is 22.8 Å². The molecule has 9 aliphatic rings. The maximum Gasteiger partial charge on any atom is 0.216 e. The minimum absolute atomic E-state index is 0.0142. The van der Waals surface area contributed by atoms with Crippen LogP contribution in [0.3, 0.4) is 0 Å².